The Bertz CT molecular complexity index is 540. The molecule has 25 heavy (non-hydrogen) atoms. The van der Waals surface area contributed by atoms with E-state index >= 15 is 0 Å². The van der Waals surface area contributed by atoms with Crippen LogP contribution in [-0.4, -0.2) is 6.61 Å². The Hall–Kier alpha value is -1.52. The summed E-state index contributed by atoms with van der Waals surface area (Å²) < 4.78 is 55.6. The van der Waals surface area contributed by atoms with Gasteiger partial charge in [0.2, 0.25) is 0 Å². The number of hydrogen-bond acceptors (Lipinski definition) is 1. The SMILES string of the molecule is CC=CCCC1CCC(CCc2cc(F)c(OC(F)F)c(F)c2)CC1. The minimum Gasteiger partial charge on any atom is -0.429 e. The Labute approximate surface area is 147 Å². The van der Waals surface area contributed by atoms with E-state index in [1.807, 2.05) is 6.92 Å². The summed E-state index contributed by atoms with van der Waals surface area (Å²) in [4.78, 5) is 0. The van der Waals surface area contributed by atoms with Crippen LogP contribution in [0.15, 0.2) is 24.3 Å². The Morgan fingerprint density at radius 2 is 1.60 bits per heavy atom. The second-order valence-electron chi connectivity index (χ2n) is 6.84. The molecule has 1 saturated carbocycles. The second-order valence-corrected chi connectivity index (χ2v) is 6.84. The van der Waals surface area contributed by atoms with Crippen molar-refractivity contribution in [2.45, 2.75) is 64.9 Å². The van der Waals surface area contributed by atoms with Gasteiger partial charge in [-0.25, -0.2) is 8.78 Å². The van der Waals surface area contributed by atoms with Crippen molar-refractivity contribution < 1.29 is 22.3 Å². The molecule has 0 unspecified atom stereocenters. The zero-order valence-electron chi connectivity index (χ0n) is 14.6. The van der Waals surface area contributed by atoms with Crippen molar-refractivity contribution >= 4 is 0 Å². The number of ether oxygens (including phenoxy) is 1. The molecule has 2 rings (SSSR count). The molecule has 0 amide bonds. The van der Waals surface area contributed by atoms with Crippen LogP contribution in [0.2, 0.25) is 0 Å². The predicted molar refractivity (Wildman–Crippen MR) is 90.8 cm³/mol. The van der Waals surface area contributed by atoms with Gasteiger partial charge in [-0.15, -0.1) is 0 Å². The molecule has 1 aromatic rings. The van der Waals surface area contributed by atoms with Crippen molar-refractivity contribution in [1.82, 2.24) is 0 Å². The lowest BCUT2D eigenvalue weighted by molar-refractivity contribution is -0.0546. The van der Waals surface area contributed by atoms with Gasteiger partial charge in [0.25, 0.3) is 0 Å². The summed E-state index contributed by atoms with van der Waals surface area (Å²) in [5.41, 5.74) is 0.492. The molecule has 1 aliphatic carbocycles. The smallest absolute Gasteiger partial charge is 0.387 e. The predicted octanol–water partition coefficient (Wildman–Crippen LogP) is 6.66. The second kappa shape index (κ2) is 9.83. The number of hydrogen-bond donors (Lipinski definition) is 0. The molecule has 0 N–H and O–H groups in total. The molecule has 0 atom stereocenters. The Morgan fingerprint density at radius 3 is 2.12 bits per heavy atom. The van der Waals surface area contributed by atoms with E-state index in [2.05, 4.69) is 16.9 Å². The normalized spacial score (nSPS) is 21.2. The first-order chi connectivity index (χ1) is 12.0. The zero-order chi connectivity index (χ0) is 18.2. The summed E-state index contributed by atoms with van der Waals surface area (Å²) in [6.07, 6.45) is 12.8. The molecule has 0 bridgehead atoms. The van der Waals surface area contributed by atoms with Gasteiger partial charge in [0, 0.05) is 0 Å². The number of rotatable bonds is 8. The van der Waals surface area contributed by atoms with Gasteiger partial charge in [-0.2, -0.15) is 8.78 Å². The van der Waals surface area contributed by atoms with Crippen LogP contribution in [0, 0.1) is 23.5 Å². The van der Waals surface area contributed by atoms with E-state index in [1.165, 1.54) is 19.3 Å². The van der Waals surface area contributed by atoms with Crippen LogP contribution in [-0.2, 0) is 6.42 Å². The van der Waals surface area contributed by atoms with E-state index in [1.54, 1.807) is 0 Å². The first-order valence-electron chi connectivity index (χ1n) is 9.03. The summed E-state index contributed by atoms with van der Waals surface area (Å²) in [5, 5.41) is 0. The van der Waals surface area contributed by atoms with E-state index in [9.17, 15) is 17.6 Å². The van der Waals surface area contributed by atoms with Crippen molar-refractivity contribution in [2.75, 3.05) is 0 Å². The number of benzene rings is 1. The third-order valence-electron chi connectivity index (χ3n) is 5.05. The largest absolute Gasteiger partial charge is 0.429 e. The van der Waals surface area contributed by atoms with Gasteiger partial charge >= 0.3 is 6.61 Å². The van der Waals surface area contributed by atoms with E-state index < -0.39 is 24.0 Å². The number of allylic oxidation sites excluding steroid dienone is 2. The molecule has 1 nitrogen and oxygen atoms in total. The van der Waals surface area contributed by atoms with Crippen LogP contribution in [0.25, 0.3) is 0 Å². The van der Waals surface area contributed by atoms with E-state index in [0.717, 1.165) is 43.7 Å². The van der Waals surface area contributed by atoms with Crippen molar-refractivity contribution in [3.8, 4) is 5.75 Å². The highest BCUT2D eigenvalue weighted by molar-refractivity contribution is 5.31. The lowest BCUT2D eigenvalue weighted by atomic mass is 9.78. The molecule has 0 aromatic heterocycles. The monoisotopic (exact) mass is 358 g/mol. The van der Waals surface area contributed by atoms with Gasteiger partial charge < -0.3 is 4.74 Å². The fraction of sp³-hybridized carbons (Fsp3) is 0.600. The van der Waals surface area contributed by atoms with Crippen LogP contribution in [0.4, 0.5) is 17.6 Å². The van der Waals surface area contributed by atoms with Gasteiger partial charge in [0.15, 0.2) is 17.4 Å². The molecule has 0 radical (unpaired) electrons. The molecule has 5 heteroatoms. The average Bonchev–Trinajstić information content (AvgIpc) is 2.57. The van der Waals surface area contributed by atoms with Crippen LogP contribution >= 0.6 is 0 Å². The fourth-order valence-electron chi connectivity index (χ4n) is 3.64. The average molecular weight is 358 g/mol. The van der Waals surface area contributed by atoms with Gasteiger partial charge in [-0.3, -0.25) is 0 Å². The quantitative estimate of drug-likeness (QED) is 0.373. The van der Waals surface area contributed by atoms with Crippen molar-refractivity contribution in [3.05, 3.63) is 41.5 Å². The first kappa shape index (κ1) is 19.8. The van der Waals surface area contributed by atoms with Crippen LogP contribution < -0.4 is 4.74 Å². The maximum atomic E-state index is 13.7. The minimum atomic E-state index is -3.24. The van der Waals surface area contributed by atoms with E-state index in [4.69, 9.17) is 0 Å². The van der Waals surface area contributed by atoms with Crippen molar-refractivity contribution in [1.29, 1.82) is 0 Å². The molecule has 1 fully saturated rings. The molecule has 0 saturated heterocycles. The Morgan fingerprint density at radius 1 is 1.04 bits per heavy atom. The van der Waals surface area contributed by atoms with Crippen LogP contribution in [0.5, 0.6) is 5.75 Å². The number of alkyl halides is 2. The summed E-state index contributed by atoms with van der Waals surface area (Å²) in [6, 6.07) is 2.20. The Balaban J connectivity index is 1.80. The highest BCUT2D eigenvalue weighted by Crippen LogP contribution is 2.34. The highest BCUT2D eigenvalue weighted by atomic mass is 19.3. The third-order valence-corrected chi connectivity index (χ3v) is 5.05. The van der Waals surface area contributed by atoms with Crippen LogP contribution in [0.3, 0.4) is 0 Å². The topological polar surface area (TPSA) is 9.23 Å². The molecule has 0 spiro atoms. The lowest BCUT2D eigenvalue weighted by Gasteiger charge is -2.28. The summed E-state index contributed by atoms with van der Waals surface area (Å²) in [6.45, 7) is -1.20. The standard InChI is InChI=1S/C20H26F4O/c1-2-3-4-5-14-6-8-15(9-7-14)10-11-16-12-17(21)19(18(22)13-16)25-20(23)24/h2-3,12-15,20H,4-11H2,1H3. The molecule has 0 heterocycles. The lowest BCUT2D eigenvalue weighted by Crippen LogP contribution is -2.15. The van der Waals surface area contributed by atoms with Gasteiger partial charge in [-0.05, 0) is 62.1 Å². The van der Waals surface area contributed by atoms with Crippen LogP contribution in [0.1, 0.15) is 57.4 Å². The highest BCUT2D eigenvalue weighted by Gasteiger charge is 2.21. The molecule has 140 valence electrons. The van der Waals surface area contributed by atoms with Crippen molar-refractivity contribution in [3.63, 3.8) is 0 Å². The van der Waals surface area contributed by atoms with Gasteiger partial charge in [0.1, 0.15) is 0 Å². The molecular weight excluding hydrogens is 332 g/mol. The third kappa shape index (κ3) is 6.37. The minimum absolute atomic E-state index is 0.492. The summed E-state index contributed by atoms with van der Waals surface area (Å²) >= 11 is 0. The maximum absolute atomic E-state index is 13.7. The molecule has 1 aromatic carbocycles. The summed E-state index contributed by atoms with van der Waals surface area (Å²) in [5.74, 6) is -1.78. The molecule has 0 aliphatic heterocycles. The zero-order valence-corrected chi connectivity index (χ0v) is 14.6. The molecular formula is C20H26F4O. The van der Waals surface area contributed by atoms with E-state index in [0.29, 0.717) is 17.9 Å². The first-order valence-corrected chi connectivity index (χ1v) is 9.03. The van der Waals surface area contributed by atoms with E-state index in [-0.39, 0.29) is 0 Å². The number of halogens is 4. The Kier molecular flexibility index (Phi) is 7.79. The summed E-state index contributed by atoms with van der Waals surface area (Å²) in [7, 11) is 0. The van der Waals surface area contributed by atoms with Gasteiger partial charge in [-0.1, -0.05) is 37.8 Å². The maximum Gasteiger partial charge on any atom is 0.387 e. The van der Waals surface area contributed by atoms with Gasteiger partial charge in [0.05, 0.1) is 0 Å². The van der Waals surface area contributed by atoms with Crippen molar-refractivity contribution in [2.24, 2.45) is 11.8 Å². The fourth-order valence-corrected chi connectivity index (χ4v) is 3.64. The number of aryl methyl sites for hydroxylation is 1. The molecule has 1 aliphatic rings.